The zero-order valence-electron chi connectivity index (χ0n) is 12.0. The average molecular weight is 331 g/mol. The van der Waals surface area contributed by atoms with Crippen LogP contribution in [-0.4, -0.2) is 47.7 Å². The Kier molecular flexibility index (Phi) is 4.46. The number of aromatic nitrogens is 2. The van der Waals surface area contributed by atoms with Crippen molar-refractivity contribution in [2.45, 2.75) is 38.8 Å². The Morgan fingerprint density at radius 3 is 2.71 bits per heavy atom. The molecule has 2 aliphatic heterocycles. The SMILES string of the molecule is O=S1(=O)CC[C@@H](Cc2nn(CN3CCCCC3)c(=S)o2)C1. The molecular formula is C13H21N3O3S2. The van der Waals surface area contributed by atoms with Crippen molar-refractivity contribution in [3.63, 3.8) is 0 Å². The maximum Gasteiger partial charge on any atom is 0.288 e. The summed E-state index contributed by atoms with van der Waals surface area (Å²) in [4.78, 5) is 2.71. The molecule has 3 rings (SSSR count). The summed E-state index contributed by atoms with van der Waals surface area (Å²) < 4.78 is 30.2. The van der Waals surface area contributed by atoms with Crippen molar-refractivity contribution in [2.24, 2.45) is 5.92 Å². The van der Waals surface area contributed by atoms with E-state index in [4.69, 9.17) is 16.6 Å². The second-order valence-electron chi connectivity index (χ2n) is 6.05. The van der Waals surface area contributed by atoms with Gasteiger partial charge in [0.1, 0.15) is 0 Å². The van der Waals surface area contributed by atoms with Gasteiger partial charge in [-0.1, -0.05) is 6.42 Å². The molecule has 6 nitrogen and oxygen atoms in total. The first kappa shape index (κ1) is 15.2. The lowest BCUT2D eigenvalue weighted by Gasteiger charge is -2.25. The minimum absolute atomic E-state index is 0.117. The van der Waals surface area contributed by atoms with Crippen molar-refractivity contribution >= 4 is 22.1 Å². The minimum Gasteiger partial charge on any atom is -0.414 e. The molecule has 2 fully saturated rings. The molecule has 1 atom stereocenters. The number of piperidine rings is 1. The smallest absolute Gasteiger partial charge is 0.288 e. The Morgan fingerprint density at radius 2 is 2.05 bits per heavy atom. The monoisotopic (exact) mass is 331 g/mol. The molecule has 0 aliphatic carbocycles. The first-order valence-corrected chi connectivity index (χ1v) is 9.74. The summed E-state index contributed by atoms with van der Waals surface area (Å²) in [6, 6.07) is 0. The number of rotatable bonds is 4. The molecule has 0 radical (unpaired) electrons. The van der Waals surface area contributed by atoms with Crippen molar-refractivity contribution in [3.8, 4) is 0 Å². The van der Waals surface area contributed by atoms with Crippen molar-refractivity contribution < 1.29 is 12.8 Å². The largest absolute Gasteiger partial charge is 0.414 e. The maximum absolute atomic E-state index is 11.5. The van der Waals surface area contributed by atoms with Crippen LogP contribution < -0.4 is 0 Å². The van der Waals surface area contributed by atoms with Gasteiger partial charge in [0.2, 0.25) is 5.89 Å². The molecule has 0 N–H and O–H groups in total. The van der Waals surface area contributed by atoms with Crippen LogP contribution >= 0.6 is 12.2 Å². The van der Waals surface area contributed by atoms with Gasteiger partial charge in [0.25, 0.3) is 4.84 Å². The molecule has 3 heterocycles. The molecule has 118 valence electrons. The highest BCUT2D eigenvalue weighted by molar-refractivity contribution is 7.91. The molecule has 1 aromatic heterocycles. The van der Waals surface area contributed by atoms with Crippen LogP contribution in [0.3, 0.4) is 0 Å². The summed E-state index contributed by atoms with van der Waals surface area (Å²) in [5.41, 5.74) is 0. The van der Waals surface area contributed by atoms with Crippen molar-refractivity contribution in [3.05, 3.63) is 10.7 Å². The minimum atomic E-state index is -2.85. The predicted molar refractivity (Wildman–Crippen MR) is 81.2 cm³/mol. The van der Waals surface area contributed by atoms with Crippen molar-refractivity contribution in [1.29, 1.82) is 0 Å². The van der Waals surface area contributed by atoms with Crippen LogP contribution in [0.5, 0.6) is 0 Å². The van der Waals surface area contributed by atoms with Gasteiger partial charge in [0, 0.05) is 6.42 Å². The lowest BCUT2D eigenvalue weighted by Crippen LogP contribution is -2.32. The van der Waals surface area contributed by atoms with Gasteiger partial charge in [0.15, 0.2) is 9.84 Å². The van der Waals surface area contributed by atoms with E-state index in [1.165, 1.54) is 19.3 Å². The molecule has 0 aromatic carbocycles. The third kappa shape index (κ3) is 3.92. The average Bonchev–Trinajstić information content (AvgIpc) is 2.94. The topological polar surface area (TPSA) is 68.3 Å². The van der Waals surface area contributed by atoms with Gasteiger partial charge in [0.05, 0.1) is 18.2 Å². The molecule has 1 aromatic rings. The fourth-order valence-corrected chi connectivity index (χ4v) is 5.15. The molecule has 0 saturated carbocycles. The van der Waals surface area contributed by atoms with Gasteiger partial charge < -0.3 is 4.42 Å². The Balaban J connectivity index is 1.62. The first-order valence-electron chi connectivity index (χ1n) is 7.51. The van der Waals surface area contributed by atoms with Crippen LogP contribution in [0.1, 0.15) is 31.6 Å². The molecular weight excluding hydrogens is 310 g/mol. The zero-order valence-corrected chi connectivity index (χ0v) is 13.7. The summed E-state index contributed by atoms with van der Waals surface area (Å²) >= 11 is 5.22. The molecule has 0 spiro atoms. The molecule has 2 aliphatic rings. The second-order valence-corrected chi connectivity index (χ2v) is 8.63. The lowest BCUT2D eigenvalue weighted by molar-refractivity contribution is 0.170. The molecule has 0 unspecified atom stereocenters. The summed E-state index contributed by atoms with van der Waals surface area (Å²) in [5.74, 6) is 1.21. The van der Waals surface area contributed by atoms with Gasteiger partial charge in [-0.3, -0.25) is 4.90 Å². The first-order chi connectivity index (χ1) is 10.0. The van der Waals surface area contributed by atoms with Crippen LogP contribution in [-0.2, 0) is 22.9 Å². The van der Waals surface area contributed by atoms with E-state index in [0.717, 1.165) is 13.1 Å². The van der Waals surface area contributed by atoms with E-state index in [2.05, 4.69) is 10.00 Å². The van der Waals surface area contributed by atoms with Gasteiger partial charge in [-0.05, 0) is 50.5 Å². The van der Waals surface area contributed by atoms with Crippen molar-refractivity contribution in [2.75, 3.05) is 24.6 Å². The Labute approximate surface area is 130 Å². The number of sulfone groups is 1. The van der Waals surface area contributed by atoms with Crippen molar-refractivity contribution in [1.82, 2.24) is 14.7 Å². The van der Waals surface area contributed by atoms with E-state index < -0.39 is 9.84 Å². The highest BCUT2D eigenvalue weighted by Crippen LogP contribution is 2.22. The number of likely N-dealkylation sites (tertiary alicyclic amines) is 1. The molecule has 8 heteroatoms. The highest BCUT2D eigenvalue weighted by atomic mass is 32.2. The Morgan fingerprint density at radius 1 is 1.29 bits per heavy atom. The quantitative estimate of drug-likeness (QED) is 0.781. The van der Waals surface area contributed by atoms with E-state index in [0.29, 0.717) is 30.2 Å². The molecule has 0 bridgehead atoms. The van der Waals surface area contributed by atoms with E-state index >= 15 is 0 Å². The van der Waals surface area contributed by atoms with Crippen LogP contribution in [0, 0.1) is 10.8 Å². The summed E-state index contributed by atoms with van der Waals surface area (Å²) in [7, 11) is -2.85. The summed E-state index contributed by atoms with van der Waals surface area (Å²) in [6.45, 7) is 2.82. The maximum atomic E-state index is 11.5. The number of hydrogen-bond donors (Lipinski definition) is 0. The van der Waals surface area contributed by atoms with E-state index in [1.54, 1.807) is 4.68 Å². The van der Waals surface area contributed by atoms with Gasteiger partial charge in [-0.15, -0.1) is 5.10 Å². The Bertz CT molecular complexity index is 644. The second kappa shape index (κ2) is 6.18. The fourth-order valence-electron chi connectivity index (χ4n) is 3.09. The number of nitrogens with zero attached hydrogens (tertiary/aromatic N) is 3. The fraction of sp³-hybridized carbons (Fsp3) is 0.846. The van der Waals surface area contributed by atoms with Crippen LogP contribution in [0.15, 0.2) is 4.42 Å². The number of hydrogen-bond acceptors (Lipinski definition) is 6. The third-order valence-electron chi connectivity index (χ3n) is 4.22. The van der Waals surface area contributed by atoms with Crippen LogP contribution in [0.2, 0.25) is 0 Å². The standard InChI is InChI=1S/C13H21N3O3S2/c17-21(18)7-4-11(9-21)8-12-14-16(13(20)19-12)10-15-5-2-1-3-6-15/h11H,1-10H2/t11-/m0/s1. The Hall–Kier alpha value is -0.730. The molecule has 2 saturated heterocycles. The summed E-state index contributed by atoms with van der Waals surface area (Å²) in [6.07, 6.45) is 5.00. The van der Waals surface area contributed by atoms with Gasteiger partial charge >= 0.3 is 0 Å². The van der Waals surface area contributed by atoms with E-state index in [1.807, 2.05) is 0 Å². The summed E-state index contributed by atoms with van der Waals surface area (Å²) in [5, 5.41) is 4.42. The third-order valence-corrected chi connectivity index (χ3v) is 6.35. The van der Waals surface area contributed by atoms with Gasteiger partial charge in [-0.25, -0.2) is 13.1 Å². The lowest BCUT2D eigenvalue weighted by atomic mass is 10.1. The van der Waals surface area contributed by atoms with E-state index in [9.17, 15) is 8.42 Å². The highest BCUT2D eigenvalue weighted by Gasteiger charge is 2.29. The van der Waals surface area contributed by atoms with E-state index in [-0.39, 0.29) is 17.4 Å². The van der Waals surface area contributed by atoms with Gasteiger partial charge in [-0.2, -0.15) is 0 Å². The van der Waals surface area contributed by atoms with Crippen LogP contribution in [0.4, 0.5) is 0 Å². The predicted octanol–water partition coefficient (Wildman–Crippen LogP) is 1.63. The normalized spacial score (nSPS) is 26.2. The zero-order chi connectivity index (χ0) is 14.9. The molecule has 21 heavy (non-hydrogen) atoms. The molecule has 0 amide bonds. The van der Waals surface area contributed by atoms with Crippen LogP contribution in [0.25, 0.3) is 0 Å².